The molecule has 1 aromatic heterocycles. The van der Waals surface area contributed by atoms with Gasteiger partial charge in [0.05, 0.1) is 6.20 Å². The first-order chi connectivity index (χ1) is 12.1. The molecule has 0 aliphatic rings. The molecule has 3 aromatic rings. The van der Waals surface area contributed by atoms with E-state index in [1.807, 2.05) is 31.4 Å². The van der Waals surface area contributed by atoms with Crippen LogP contribution in [0.4, 0.5) is 10.1 Å². The number of ether oxygens (including phenoxy) is 1. The molecule has 128 valence electrons. The van der Waals surface area contributed by atoms with Gasteiger partial charge in [-0.3, -0.25) is 9.48 Å². The smallest absolute Gasteiger partial charge is 0.224 e. The molecule has 0 fully saturated rings. The fourth-order valence-electron chi connectivity index (χ4n) is 2.39. The zero-order valence-corrected chi connectivity index (χ0v) is 13.8. The molecule has 0 unspecified atom stereocenters. The van der Waals surface area contributed by atoms with Crippen LogP contribution in [-0.4, -0.2) is 15.7 Å². The lowest BCUT2D eigenvalue weighted by Gasteiger charge is -2.13. The summed E-state index contributed by atoms with van der Waals surface area (Å²) in [7, 11) is 1.82. The summed E-state index contributed by atoms with van der Waals surface area (Å²) >= 11 is 0. The van der Waals surface area contributed by atoms with Crippen molar-refractivity contribution in [2.45, 2.75) is 12.8 Å². The van der Waals surface area contributed by atoms with E-state index < -0.39 is 5.82 Å². The van der Waals surface area contributed by atoms with Gasteiger partial charge in [-0.1, -0.05) is 24.3 Å². The van der Waals surface area contributed by atoms with Crippen LogP contribution >= 0.6 is 0 Å². The van der Waals surface area contributed by atoms with E-state index in [4.69, 9.17) is 4.74 Å². The third kappa shape index (κ3) is 4.44. The number of carbonyl (C=O) groups is 1. The number of aryl methyl sites for hydroxylation is 2. The summed E-state index contributed by atoms with van der Waals surface area (Å²) in [4.78, 5) is 12.2. The first kappa shape index (κ1) is 16.7. The predicted molar refractivity (Wildman–Crippen MR) is 93.1 cm³/mol. The Morgan fingerprint density at radius 1 is 1.20 bits per heavy atom. The van der Waals surface area contributed by atoms with Crippen LogP contribution in [0.2, 0.25) is 0 Å². The highest BCUT2D eigenvalue weighted by Crippen LogP contribution is 2.31. The lowest BCUT2D eigenvalue weighted by atomic mass is 10.2. The zero-order valence-electron chi connectivity index (χ0n) is 13.8. The number of anilines is 1. The van der Waals surface area contributed by atoms with Crippen LogP contribution in [-0.2, 0) is 18.3 Å². The number of hydrogen-bond acceptors (Lipinski definition) is 3. The second-order valence-corrected chi connectivity index (χ2v) is 5.60. The van der Waals surface area contributed by atoms with Gasteiger partial charge in [-0.2, -0.15) is 5.10 Å². The molecule has 0 bridgehead atoms. The Bertz CT molecular complexity index is 862. The summed E-state index contributed by atoms with van der Waals surface area (Å²) < 4.78 is 21.5. The van der Waals surface area contributed by atoms with Crippen molar-refractivity contribution in [3.63, 3.8) is 0 Å². The van der Waals surface area contributed by atoms with E-state index in [1.54, 1.807) is 35.1 Å². The van der Waals surface area contributed by atoms with E-state index in [9.17, 15) is 9.18 Å². The standard InChI is InChI=1S/C19H18FN3O2/c1-23-13-14(12-21-23)10-11-18(24)22-19-16(20)8-5-9-17(19)25-15-6-3-2-4-7-15/h2-9,12-13H,10-11H2,1H3,(H,22,24). The molecule has 1 N–H and O–H groups in total. The van der Waals surface area contributed by atoms with Gasteiger partial charge in [0.2, 0.25) is 5.91 Å². The van der Waals surface area contributed by atoms with Crippen molar-refractivity contribution in [3.05, 3.63) is 72.3 Å². The van der Waals surface area contributed by atoms with Crippen LogP contribution in [0.5, 0.6) is 11.5 Å². The number of nitrogens with one attached hydrogen (secondary N) is 1. The molecule has 2 aromatic carbocycles. The average Bonchev–Trinajstić information content (AvgIpc) is 3.02. The molecule has 0 saturated heterocycles. The Labute approximate surface area is 145 Å². The van der Waals surface area contributed by atoms with Gasteiger partial charge in [0.15, 0.2) is 11.6 Å². The normalized spacial score (nSPS) is 10.5. The van der Waals surface area contributed by atoms with Crippen molar-refractivity contribution < 1.29 is 13.9 Å². The first-order valence-corrected chi connectivity index (χ1v) is 7.90. The maximum atomic E-state index is 14.2. The van der Waals surface area contributed by atoms with Gasteiger partial charge in [-0.05, 0) is 36.2 Å². The quantitative estimate of drug-likeness (QED) is 0.740. The molecule has 6 heteroatoms. The van der Waals surface area contributed by atoms with Crippen LogP contribution < -0.4 is 10.1 Å². The predicted octanol–water partition coefficient (Wildman–Crippen LogP) is 3.92. The molecule has 0 atom stereocenters. The Balaban J connectivity index is 1.69. The van der Waals surface area contributed by atoms with Gasteiger partial charge in [-0.15, -0.1) is 0 Å². The molecule has 0 aliphatic carbocycles. The van der Waals surface area contributed by atoms with Gasteiger partial charge in [0.1, 0.15) is 11.4 Å². The maximum Gasteiger partial charge on any atom is 0.224 e. The molecule has 3 rings (SSSR count). The molecule has 0 saturated carbocycles. The molecule has 5 nitrogen and oxygen atoms in total. The number of benzene rings is 2. The second kappa shape index (κ2) is 7.61. The highest BCUT2D eigenvalue weighted by Gasteiger charge is 2.14. The first-order valence-electron chi connectivity index (χ1n) is 7.90. The van der Waals surface area contributed by atoms with E-state index in [2.05, 4.69) is 10.4 Å². The lowest BCUT2D eigenvalue weighted by molar-refractivity contribution is -0.116. The molecular formula is C19H18FN3O2. The molecule has 25 heavy (non-hydrogen) atoms. The van der Waals surface area contributed by atoms with Crippen molar-refractivity contribution in [2.75, 3.05) is 5.32 Å². The Kier molecular flexibility index (Phi) is 5.09. The molecule has 1 amide bonds. The molecule has 0 aliphatic heterocycles. The highest BCUT2D eigenvalue weighted by atomic mass is 19.1. The fourth-order valence-corrected chi connectivity index (χ4v) is 2.39. The Morgan fingerprint density at radius 2 is 2.00 bits per heavy atom. The monoisotopic (exact) mass is 339 g/mol. The topological polar surface area (TPSA) is 56.2 Å². The number of aromatic nitrogens is 2. The summed E-state index contributed by atoms with van der Waals surface area (Å²) in [6.07, 6.45) is 4.31. The van der Waals surface area contributed by atoms with Gasteiger partial charge in [-0.25, -0.2) is 4.39 Å². The number of hydrogen-bond donors (Lipinski definition) is 1. The third-order valence-corrected chi connectivity index (χ3v) is 3.61. The Hall–Kier alpha value is -3.15. The van der Waals surface area contributed by atoms with Crippen LogP contribution in [0.15, 0.2) is 60.9 Å². The summed E-state index contributed by atoms with van der Waals surface area (Å²) in [5.41, 5.74) is 0.995. The minimum Gasteiger partial charge on any atom is -0.455 e. The van der Waals surface area contributed by atoms with Crippen molar-refractivity contribution in [3.8, 4) is 11.5 Å². The largest absolute Gasteiger partial charge is 0.455 e. The number of nitrogens with zero attached hydrogens (tertiary/aromatic N) is 2. The number of carbonyl (C=O) groups excluding carboxylic acids is 1. The molecule has 1 heterocycles. The summed E-state index contributed by atoms with van der Waals surface area (Å²) in [5.74, 6) is 0.00918. The minimum absolute atomic E-state index is 0.0440. The van der Waals surface area contributed by atoms with E-state index in [0.717, 1.165) is 5.56 Å². The molecule has 0 radical (unpaired) electrons. The van der Waals surface area contributed by atoms with Crippen molar-refractivity contribution in [1.29, 1.82) is 0 Å². The lowest BCUT2D eigenvalue weighted by Crippen LogP contribution is -2.14. The van der Waals surface area contributed by atoms with Crippen LogP contribution in [0.1, 0.15) is 12.0 Å². The fraction of sp³-hybridized carbons (Fsp3) is 0.158. The van der Waals surface area contributed by atoms with Crippen molar-refractivity contribution >= 4 is 11.6 Å². The van der Waals surface area contributed by atoms with E-state index >= 15 is 0 Å². The number of halogens is 1. The summed E-state index contributed by atoms with van der Waals surface area (Å²) in [6, 6.07) is 13.5. The molecule has 0 spiro atoms. The average molecular weight is 339 g/mol. The number of amides is 1. The van der Waals surface area contributed by atoms with Crippen LogP contribution in [0.25, 0.3) is 0 Å². The minimum atomic E-state index is -0.539. The Morgan fingerprint density at radius 3 is 2.72 bits per heavy atom. The van der Waals surface area contributed by atoms with E-state index in [-0.39, 0.29) is 23.8 Å². The van der Waals surface area contributed by atoms with Crippen LogP contribution in [0, 0.1) is 5.82 Å². The number of para-hydroxylation sites is 2. The summed E-state index contributed by atoms with van der Waals surface area (Å²) in [5, 5.41) is 6.67. The molecular weight excluding hydrogens is 321 g/mol. The van der Waals surface area contributed by atoms with Gasteiger partial charge < -0.3 is 10.1 Å². The summed E-state index contributed by atoms with van der Waals surface area (Å²) in [6.45, 7) is 0. The maximum absolute atomic E-state index is 14.2. The van der Waals surface area contributed by atoms with Gasteiger partial charge in [0.25, 0.3) is 0 Å². The second-order valence-electron chi connectivity index (χ2n) is 5.60. The van der Waals surface area contributed by atoms with Crippen LogP contribution in [0.3, 0.4) is 0 Å². The van der Waals surface area contributed by atoms with E-state index in [0.29, 0.717) is 12.2 Å². The third-order valence-electron chi connectivity index (χ3n) is 3.61. The number of rotatable bonds is 6. The highest BCUT2D eigenvalue weighted by molar-refractivity contribution is 5.92. The van der Waals surface area contributed by atoms with Gasteiger partial charge >= 0.3 is 0 Å². The van der Waals surface area contributed by atoms with Crippen molar-refractivity contribution in [2.24, 2.45) is 7.05 Å². The van der Waals surface area contributed by atoms with Crippen molar-refractivity contribution in [1.82, 2.24) is 9.78 Å². The zero-order chi connectivity index (χ0) is 17.6. The van der Waals surface area contributed by atoms with Gasteiger partial charge in [0, 0.05) is 19.7 Å². The van der Waals surface area contributed by atoms with E-state index in [1.165, 1.54) is 6.07 Å². The SMILES string of the molecule is Cn1cc(CCC(=O)Nc2c(F)cccc2Oc2ccccc2)cn1.